The minimum Gasteiger partial charge on any atom is -0.394 e. The number of nitrogen functional groups attached to an aromatic ring is 1. The standard InChI is InChI=1S/C13H18ClN3O2/c1-8-7-19-9(6-18)5-17(8)11-4-2-3-10(14)12(11)13(15)16/h2-4,8-9,18H,5-7H2,1H3,(H3,15,16). The summed E-state index contributed by atoms with van der Waals surface area (Å²) in [6.07, 6.45) is -0.227. The summed E-state index contributed by atoms with van der Waals surface area (Å²) in [4.78, 5) is 2.08. The molecule has 1 saturated heterocycles. The molecule has 19 heavy (non-hydrogen) atoms. The molecule has 5 nitrogen and oxygen atoms in total. The number of rotatable bonds is 3. The third kappa shape index (κ3) is 2.83. The van der Waals surface area contributed by atoms with E-state index in [1.165, 1.54) is 0 Å². The Morgan fingerprint density at radius 2 is 2.37 bits per heavy atom. The fraction of sp³-hybridized carbons (Fsp3) is 0.462. The number of aliphatic hydroxyl groups is 1. The van der Waals surface area contributed by atoms with E-state index in [2.05, 4.69) is 4.90 Å². The summed E-state index contributed by atoms with van der Waals surface area (Å²) in [6.45, 7) is 3.07. The van der Waals surface area contributed by atoms with Crippen molar-refractivity contribution >= 4 is 23.1 Å². The van der Waals surface area contributed by atoms with E-state index in [-0.39, 0.29) is 24.6 Å². The van der Waals surface area contributed by atoms with Gasteiger partial charge in [0.05, 0.1) is 29.9 Å². The van der Waals surface area contributed by atoms with Crippen LogP contribution in [0.1, 0.15) is 12.5 Å². The number of nitrogens with two attached hydrogens (primary N) is 1. The van der Waals surface area contributed by atoms with Gasteiger partial charge in [-0.1, -0.05) is 17.7 Å². The molecule has 104 valence electrons. The maximum absolute atomic E-state index is 9.23. The minimum absolute atomic E-state index is 0.0286. The van der Waals surface area contributed by atoms with Crippen LogP contribution in [-0.4, -0.2) is 42.8 Å². The number of hydrogen-bond acceptors (Lipinski definition) is 4. The van der Waals surface area contributed by atoms with E-state index < -0.39 is 0 Å². The number of morpholine rings is 1. The number of aliphatic hydroxyl groups excluding tert-OH is 1. The van der Waals surface area contributed by atoms with Gasteiger partial charge in [-0.15, -0.1) is 0 Å². The number of nitrogens with zero attached hydrogens (tertiary/aromatic N) is 1. The quantitative estimate of drug-likeness (QED) is 0.575. The SMILES string of the molecule is CC1COC(CO)CN1c1cccc(Cl)c1C(=N)N. The number of amidine groups is 1. The summed E-state index contributed by atoms with van der Waals surface area (Å²) in [6, 6.07) is 5.58. The summed E-state index contributed by atoms with van der Waals surface area (Å²) in [7, 11) is 0. The molecule has 0 aliphatic carbocycles. The molecular formula is C13H18ClN3O2. The lowest BCUT2D eigenvalue weighted by molar-refractivity contribution is -0.0103. The van der Waals surface area contributed by atoms with E-state index in [1.54, 1.807) is 6.07 Å². The largest absolute Gasteiger partial charge is 0.394 e. The molecule has 0 amide bonds. The highest BCUT2D eigenvalue weighted by Crippen LogP contribution is 2.30. The second-order valence-electron chi connectivity index (χ2n) is 4.69. The molecule has 0 spiro atoms. The topological polar surface area (TPSA) is 82.6 Å². The third-order valence-corrected chi connectivity index (χ3v) is 3.59. The molecule has 4 N–H and O–H groups in total. The smallest absolute Gasteiger partial charge is 0.126 e. The lowest BCUT2D eigenvalue weighted by atomic mass is 10.1. The van der Waals surface area contributed by atoms with Crippen molar-refractivity contribution in [2.24, 2.45) is 5.73 Å². The van der Waals surface area contributed by atoms with Crippen LogP contribution in [0.5, 0.6) is 0 Å². The van der Waals surface area contributed by atoms with Gasteiger partial charge in [0.1, 0.15) is 5.84 Å². The second-order valence-corrected chi connectivity index (χ2v) is 5.09. The second kappa shape index (κ2) is 5.77. The molecule has 0 bridgehead atoms. The number of ether oxygens (including phenoxy) is 1. The number of halogens is 1. The van der Waals surface area contributed by atoms with Crippen molar-refractivity contribution in [3.05, 3.63) is 28.8 Å². The first-order chi connectivity index (χ1) is 9.04. The lowest BCUT2D eigenvalue weighted by Gasteiger charge is -2.40. The van der Waals surface area contributed by atoms with E-state index in [0.29, 0.717) is 23.7 Å². The predicted molar refractivity (Wildman–Crippen MR) is 76.1 cm³/mol. The summed E-state index contributed by atoms with van der Waals surface area (Å²) < 4.78 is 5.51. The zero-order valence-electron chi connectivity index (χ0n) is 10.8. The predicted octanol–water partition coefficient (Wildman–Crippen LogP) is 1.21. The summed E-state index contributed by atoms with van der Waals surface area (Å²) >= 11 is 6.13. The molecule has 1 aromatic rings. The van der Waals surface area contributed by atoms with Crippen LogP contribution in [-0.2, 0) is 4.74 Å². The molecule has 0 saturated carbocycles. The highest BCUT2D eigenvalue weighted by molar-refractivity contribution is 6.34. The van der Waals surface area contributed by atoms with E-state index in [4.69, 9.17) is 27.5 Å². The molecular weight excluding hydrogens is 266 g/mol. The van der Waals surface area contributed by atoms with Gasteiger partial charge < -0.3 is 20.5 Å². The van der Waals surface area contributed by atoms with Gasteiger partial charge in [0, 0.05) is 18.3 Å². The van der Waals surface area contributed by atoms with Gasteiger partial charge in [-0.3, -0.25) is 5.41 Å². The Hall–Kier alpha value is -1.30. The Morgan fingerprint density at radius 1 is 1.63 bits per heavy atom. The number of nitrogens with one attached hydrogen (secondary N) is 1. The van der Waals surface area contributed by atoms with Crippen molar-refractivity contribution in [3.63, 3.8) is 0 Å². The molecule has 1 fully saturated rings. The van der Waals surface area contributed by atoms with Crippen LogP contribution in [0.2, 0.25) is 5.02 Å². The van der Waals surface area contributed by atoms with Crippen LogP contribution < -0.4 is 10.6 Å². The minimum atomic E-state index is -0.227. The Balaban J connectivity index is 2.39. The maximum atomic E-state index is 9.23. The van der Waals surface area contributed by atoms with E-state index >= 15 is 0 Å². The fourth-order valence-electron chi connectivity index (χ4n) is 2.28. The first-order valence-electron chi connectivity index (χ1n) is 6.16. The van der Waals surface area contributed by atoms with Gasteiger partial charge in [0.15, 0.2) is 0 Å². The Morgan fingerprint density at radius 3 is 3.00 bits per heavy atom. The van der Waals surface area contributed by atoms with Gasteiger partial charge in [0.25, 0.3) is 0 Å². The first-order valence-corrected chi connectivity index (χ1v) is 6.54. The Labute approximate surface area is 117 Å². The molecule has 1 aliphatic rings. The average molecular weight is 284 g/mol. The van der Waals surface area contributed by atoms with Crippen LogP contribution in [0.25, 0.3) is 0 Å². The zero-order valence-corrected chi connectivity index (χ0v) is 11.5. The van der Waals surface area contributed by atoms with Gasteiger partial charge in [0.2, 0.25) is 0 Å². The molecule has 1 heterocycles. The molecule has 2 rings (SSSR count). The molecule has 1 aromatic carbocycles. The van der Waals surface area contributed by atoms with Crippen molar-refractivity contribution in [1.29, 1.82) is 5.41 Å². The van der Waals surface area contributed by atoms with Gasteiger partial charge in [-0.2, -0.15) is 0 Å². The van der Waals surface area contributed by atoms with Crippen molar-refractivity contribution in [2.45, 2.75) is 19.1 Å². The van der Waals surface area contributed by atoms with Crippen LogP contribution in [0, 0.1) is 5.41 Å². The van der Waals surface area contributed by atoms with Crippen LogP contribution in [0.15, 0.2) is 18.2 Å². The molecule has 0 radical (unpaired) electrons. The number of benzene rings is 1. The van der Waals surface area contributed by atoms with Crippen LogP contribution in [0.3, 0.4) is 0 Å². The number of anilines is 1. The van der Waals surface area contributed by atoms with Crippen molar-refractivity contribution in [3.8, 4) is 0 Å². The highest BCUT2D eigenvalue weighted by Gasteiger charge is 2.28. The highest BCUT2D eigenvalue weighted by atomic mass is 35.5. The van der Waals surface area contributed by atoms with Gasteiger partial charge in [-0.25, -0.2) is 0 Å². The van der Waals surface area contributed by atoms with E-state index in [0.717, 1.165) is 5.69 Å². The summed E-state index contributed by atoms with van der Waals surface area (Å²) in [5.41, 5.74) is 6.98. The van der Waals surface area contributed by atoms with Crippen molar-refractivity contribution in [1.82, 2.24) is 0 Å². The van der Waals surface area contributed by atoms with Crippen molar-refractivity contribution < 1.29 is 9.84 Å². The maximum Gasteiger partial charge on any atom is 0.126 e. The zero-order chi connectivity index (χ0) is 14.0. The molecule has 6 heteroatoms. The molecule has 2 unspecified atom stereocenters. The summed E-state index contributed by atoms with van der Waals surface area (Å²) in [5.74, 6) is -0.0557. The first kappa shape index (κ1) is 14.1. The molecule has 2 atom stereocenters. The summed E-state index contributed by atoms with van der Waals surface area (Å²) in [5, 5.41) is 17.4. The van der Waals surface area contributed by atoms with Gasteiger partial charge in [-0.05, 0) is 19.1 Å². The normalized spacial score (nSPS) is 23.4. The Bertz CT molecular complexity index is 481. The van der Waals surface area contributed by atoms with Crippen LogP contribution in [0.4, 0.5) is 5.69 Å². The molecule has 1 aliphatic heterocycles. The lowest BCUT2D eigenvalue weighted by Crippen LogP contribution is -2.50. The molecule has 0 aromatic heterocycles. The Kier molecular flexibility index (Phi) is 4.29. The third-order valence-electron chi connectivity index (χ3n) is 3.28. The van der Waals surface area contributed by atoms with Crippen molar-refractivity contribution in [2.75, 3.05) is 24.7 Å². The monoisotopic (exact) mass is 283 g/mol. The fourth-order valence-corrected chi connectivity index (χ4v) is 2.55. The van der Waals surface area contributed by atoms with Gasteiger partial charge >= 0.3 is 0 Å². The van der Waals surface area contributed by atoms with Crippen LogP contribution >= 0.6 is 11.6 Å². The van der Waals surface area contributed by atoms with E-state index in [9.17, 15) is 5.11 Å². The van der Waals surface area contributed by atoms with E-state index in [1.807, 2.05) is 19.1 Å². The number of hydrogen-bond donors (Lipinski definition) is 3. The average Bonchev–Trinajstić information content (AvgIpc) is 2.38.